The summed E-state index contributed by atoms with van der Waals surface area (Å²) in [5.41, 5.74) is 6.34. The molecule has 0 unspecified atom stereocenters. The number of amides is 1. The summed E-state index contributed by atoms with van der Waals surface area (Å²) in [4.78, 5) is 11.7. The monoisotopic (exact) mass is 343 g/mol. The molecule has 0 saturated carbocycles. The van der Waals surface area contributed by atoms with E-state index in [1.807, 2.05) is 12.1 Å². The lowest BCUT2D eigenvalue weighted by Crippen LogP contribution is -2.36. The number of nitrogens with zero attached hydrogens (tertiary/aromatic N) is 1. The molecule has 24 heavy (non-hydrogen) atoms. The summed E-state index contributed by atoms with van der Waals surface area (Å²) in [6, 6.07) is 15.8. The van der Waals surface area contributed by atoms with Crippen LogP contribution in [-0.4, -0.2) is 26.6 Å². The third-order valence-electron chi connectivity index (χ3n) is 3.46. The maximum Gasteiger partial charge on any atom is 0.239 e. The van der Waals surface area contributed by atoms with Crippen LogP contribution in [0, 0.1) is 11.3 Å². The van der Waals surface area contributed by atoms with Crippen molar-refractivity contribution in [3.8, 4) is 6.07 Å². The van der Waals surface area contributed by atoms with Gasteiger partial charge in [-0.1, -0.05) is 36.4 Å². The van der Waals surface area contributed by atoms with E-state index in [0.717, 1.165) is 0 Å². The van der Waals surface area contributed by atoms with Gasteiger partial charge in [0.1, 0.15) is 6.04 Å². The molecule has 0 bridgehead atoms. The Kier molecular flexibility index (Phi) is 5.68. The first kappa shape index (κ1) is 17.7. The Balaban J connectivity index is 2.06. The van der Waals surface area contributed by atoms with E-state index < -0.39 is 21.8 Å². The summed E-state index contributed by atoms with van der Waals surface area (Å²) in [6.45, 7) is 0.0572. The van der Waals surface area contributed by atoms with Gasteiger partial charge in [0.15, 0.2) is 9.84 Å². The molecule has 0 aliphatic rings. The number of nitrogens with one attached hydrogen (secondary N) is 1. The first-order valence-electron chi connectivity index (χ1n) is 7.24. The number of nitriles is 1. The Labute approximate surface area is 140 Å². The molecule has 124 valence electrons. The molecule has 1 atom stereocenters. The smallest absolute Gasteiger partial charge is 0.239 e. The van der Waals surface area contributed by atoms with Gasteiger partial charge in [-0.05, 0) is 23.8 Å². The predicted octanol–water partition coefficient (Wildman–Crippen LogP) is 1.15. The third-order valence-corrected chi connectivity index (χ3v) is 5.17. The molecule has 0 radical (unpaired) electrons. The highest BCUT2D eigenvalue weighted by molar-refractivity contribution is 7.91. The molecule has 0 heterocycles. The van der Waals surface area contributed by atoms with Crippen molar-refractivity contribution < 1.29 is 13.2 Å². The van der Waals surface area contributed by atoms with Gasteiger partial charge in [-0.25, -0.2) is 8.42 Å². The number of carbonyl (C=O) groups is 1. The fourth-order valence-corrected chi connectivity index (χ4v) is 3.46. The number of rotatable bonds is 7. The molecular weight excluding hydrogens is 326 g/mol. The summed E-state index contributed by atoms with van der Waals surface area (Å²) in [5.74, 6) is -0.788. The highest BCUT2D eigenvalue weighted by atomic mass is 32.2. The summed E-state index contributed by atoms with van der Waals surface area (Å²) in [7, 11) is -3.56. The fraction of sp³-hybridized carbons (Fsp3) is 0.176. The van der Waals surface area contributed by atoms with E-state index in [1.165, 1.54) is 24.3 Å². The standard InChI is InChI=1S/C17H17N3O3S/c18-12-13-5-4-8-15(11-13)24(22,23)10-9-20-16(17(19)21)14-6-2-1-3-7-14/h1-8,11,16,20H,9-10H2,(H2,19,21)/t16-/m1/s1. The van der Waals surface area contributed by atoms with Gasteiger partial charge < -0.3 is 11.1 Å². The first-order chi connectivity index (χ1) is 11.4. The van der Waals surface area contributed by atoms with Crippen LogP contribution in [0.5, 0.6) is 0 Å². The average molecular weight is 343 g/mol. The van der Waals surface area contributed by atoms with Crippen molar-refractivity contribution in [2.24, 2.45) is 5.73 Å². The molecule has 0 spiro atoms. The van der Waals surface area contributed by atoms with Crippen LogP contribution < -0.4 is 11.1 Å². The Morgan fingerprint density at radius 3 is 2.50 bits per heavy atom. The molecule has 0 saturated heterocycles. The predicted molar refractivity (Wildman–Crippen MR) is 89.6 cm³/mol. The van der Waals surface area contributed by atoms with Crippen molar-refractivity contribution in [3.05, 3.63) is 65.7 Å². The minimum atomic E-state index is -3.56. The molecule has 3 N–H and O–H groups in total. The maximum absolute atomic E-state index is 12.3. The molecule has 2 aromatic rings. The van der Waals surface area contributed by atoms with E-state index in [0.29, 0.717) is 5.56 Å². The van der Waals surface area contributed by atoms with Crippen molar-refractivity contribution in [2.75, 3.05) is 12.3 Å². The second-order valence-electron chi connectivity index (χ2n) is 5.16. The van der Waals surface area contributed by atoms with E-state index in [4.69, 9.17) is 11.0 Å². The maximum atomic E-state index is 12.3. The molecule has 0 fully saturated rings. The van der Waals surface area contributed by atoms with Crippen LogP contribution in [0.1, 0.15) is 17.2 Å². The van der Waals surface area contributed by atoms with Crippen LogP contribution >= 0.6 is 0 Å². The van der Waals surface area contributed by atoms with Crippen LogP contribution in [0.3, 0.4) is 0 Å². The number of primary amides is 1. The van der Waals surface area contributed by atoms with Crippen molar-refractivity contribution in [2.45, 2.75) is 10.9 Å². The van der Waals surface area contributed by atoms with Gasteiger partial charge in [0, 0.05) is 6.54 Å². The number of nitrogens with two attached hydrogens (primary N) is 1. The third kappa shape index (κ3) is 4.41. The van der Waals surface area contributed by atoms with E-state index >= 15 is 0 Å². The molecule has 1 amide bonds. The van der Waals surface area contributed by atoms with Crippen LogP contribution in [0.4, 0.5) is 0 Å². The van der Waals surface area contributed by atoms with Gasteiger partial charge in [0.2, 0.25) is 5.91 Å². The summed E-state index contributed by atoms with van der Waals surface area (Å²) in [6.07, 6.45) is 0. The SMILES string of the molecule is N#Cc1cccc(S(=O)(=O)CCN[C@@H](C(N)=O)c2ccccc2)c1. The molecule has 2 aromatic carbocycles. The van der Waals surface area contributed by atoms with Gasteiger partial charge in [0.05, 0.1) is 22.3 Å². The number of hydrogen-bond acceptors (Lipinski definition) is 5. The molecule has 0 aliphatic heterocycles. The second kappa shape index (κ2) is 7.73. The van der Waals surface area contributed by atoms with Crippen molar-refractivity contribution in [1.82, 2.24) is 5.32 Å². The molecule has 6 nitrogen and oxygen atoms in total. The Hall–Kier alpha value is -2.69. The number of hydrogen-bond donors (Lipinski definition) is 2. The van der Waals surface area contributed by atoms with Crippen LogP contribution in [0.2, 0.25) is 0 Å². The number of sulfone groups is 1. The van der Waals surface area contributed by atoms with E-state index in [-0.39, 0.29) is 22.8 Å². The van der Waals surface area contributed by atoms with Gasteiger partial charge >= 0.3 is 0 Å². The van der Waals surface area contributed by atoms with E-state index in [2.05, 4.69) is 5.32 Å². The van der Waals surface area contributed by atoms with Gasteiger partial charge in [-0.2, -0.15) is 5.26 Å². The Morgan fingerprint density at radius 1 is 1.17 bits per heavy atom. The molecule has 7 heteroatoms. The lowest BCUT2D eigenvalue weighted by atomic mass is 10.1. The molecule has 2 rings (SSSR count). The molecule has 0 aliphatic carbocycles. The Bertz CT molecular complexity index is 858. The molecule has 0 aromatic heterocycles. The van der Waals surface area contributed by atoms with Crippen molar-refractivity contribution >= 4 is 15.7 Å². The fourth-order valence-electron chi connectivity index (χ4n) is 2.24. The minimum Gasteiger partial charge on any atom is -0.368 e. The Morgan fingerprint density at radius 2 is 1.88 bits per heavy atom. The van der Waals surface area contributed by atoms with Crippen LogP contribution in [0.15, 0.2) is 59.5 Å². The summed E-state index contributed by atoms with van der Waals surface area (Å²) in [5, 5.41) is 11.7. The largest absolute Gasteiger partial charge is 0.368 e. The summed E-state index contributed by atoms with van der Waals surface area (Å²) >= 11 is 0. The first-order valence-corrected chi connectivity index (χ1v) is 8.90. The van der Waals surface area contributed by atoms with Gasteiger partial charge in [-0.3, -0.25) is 4.79 Å². The second-order valence-corrected chi connectivity index (χ2v) is 7.27. The lowest BCUT2D eigenvalue weighted by molar-refractivity contribution is -0.120. The zero-order chi connectivity index (χ0) is 17.6. The normalized spacial score (nSPS) is 12.3. The van der Waals surface area contributed by atoms with Gasteiger partial charge in [-0.15, -0.1) is 0 Å². The summed E-state index contributed by atoms with van der Waals surface area (Å²) < 4.78 is 24.6. The zero-order valence-corrected chi connectivity index (χ0v) is 13.7. The number of carbonyl (C=O) groups excluding carboxylic acids is 1. The molecular formula is C17H17N3O3S. The topological polar surface area (TPSA) is 113 Å². The number of benzene rings is 2. The van der Waals surface area contributed by atoms with E-state index in [1.54, 1.807) is 24.3 Å². The quantitative estimate of drug-likeness (QED) is 0.783. The van der Waals surface area contributed by atoms with E-state index in [9.17, 15) is 13.2 Å². The van der Waals surface area contributed by atoms with Crippen LogP contribution in [-0.2, 0) is 14.6 Å². The van der Waals surface area contributed by atoms with Crippen molar-refractivity contribution in [1.29, 1.82) is 5.26 Å². The van der Waals surface area contributed by atoms with Gasteiger partial charge in [0.25, 0.3) is 0 Å². The lowest BCUT2D eigenvalue weighted by Gasteiger charge is -2.15. The van der Waals surface area contributed by atoms with Crippen molar-refractivity contribution in [3.63, 3.8) is 0 Å². The minimum absolute atomic E-state index is 0.0572. The highest BCUT2D eigenvalue weighted by Crippen LogP contribution is 2.14. The highest BCUT2D eigenvalue weighted by Gasteiger charge is 2.19. The van der Waals surface area contributed by atoms with Crippen LogP contribution in [0.25, 0.3) is 0 Å². The average Bonchev–Trinajstić information content (AvgIpc) is 2.59. The zero-order valence-electron chi connectivity index (χ0n) is 12.8.